The molecule has 1 amide bonds. The van der Waals surface area contributed by atoms with Crippen molar-refractivity contribution >= 4 is 17.7 Å². The van der Waals surface area contributed by atoms with E-state index in [1.807, 2.05) is 0 Å². The molecule has 3 aromatic rings. The fraction of sp³-hybridized carbons (Fsp3) is 0.211. The van der Waals surface area contributed by atoms with Gasteiger partial charge in [-0.25, -0.2) is 0 Å². The van der Waals surface area contributed by atoms with E-state index in [1.54, 1.807) is 24.3 Å². The Hall–Kier alpha value is -3.01. The Bertz CT molecular complexity index is 1000. The maximum absolute atomic E-state index is 13.2. The molecule has 152 valence electrons. The van der Waals surface area contributed by atoms with Crippen LogP contribution in [0.5, 0.6) is 5.75 Å². The van der Waals surface area contributed by atoms with Gasteiger partial charge in [-0.15, -0.1) is 10.2 Å². The maximum atomic E-state index is 13.2. The molecule has 0 radical (unpaired) electrons. The van der Waals surface area contributed by atoms with Gasteiger partial charge in [0.25, 0.3) is 0 Å². The lowest BCUT2D eigenvalue weighted by Crippen LogP contribution is -2.20. The van der Waals surface area contributed by atoms with Crippen molar-refractivity contribution in [2.45, 2.75) is 11.3 Å². The Morgan fingerprint density at radius 1 is 1.17 bits per heavy atom. The van der Waals surface area contributed by atoms with Crippen molar-refractivity contribution in [2.24, 2.45) is 0 Å². The minimum atomic E-state index is -4.49. The quantitative estimate of drug-likeness (QED) is 0.612. The van der Waals surface area contributed by atoms with Gasteiger partial charge in [0, 0.05) is 12.6 Å². The first-order valence-electron chi connectivity index (χ1n) is 8.44. The Morgan fingerprint density at radius 3 is 2.52 bits per heavy atom. The molecular formula is C19H17F3N4O2S. The van der Waals surface area contributed by atoms with Crippen LogP contribution in [-0.2, 0) is 11.0 Å². The van der Waals surface area contributed by atoms with Crippen LogP contribution < -0.4 is 10.1 Å². The summed E-state index contributed by atoms with van der Waals surface area (Å²) in [6, 6.07) is 11.8. The van der Waals surface area contributed by atoms with Crippen LogP contribution in [-0.4, -0.2) is 40.6 Å². The topological polar surface area (TPSA) is 69.0 Å². The number of alkyl halides is 3. The van der Waals surface area contributed by atoms with Crippen molar-refractivity contribution < 1.29 is 22.7 Å². The molecule has 2 aromatic carbocycles. The number of hydrogen-bond donors (Lipinski definition) is 1. The van der Waals surface area contributed by atoms with Gasteiger partial charge in [-0.3, -0.25) is 9.36 Å². The molecule has 10 heteroatoms. The number of amides is 1. The predicted octanol–water partition coefficient (Wildman–Crippen LogP) is 3.80. The van der Waals surface area contributed by atoms with Crippen molar-refractivity contribution in [1.29, 1.82) is 0 Å². The summed E-state index contributed by atoms with van der Waals surface area (Å²) >= 11 is 1.08. The summed E-state index contributed by atoms with van der Waals surface area (Å²) in [5.74, 6) is 0.801. The fourth-order valence-electron chi connectivity index (χ4n) is 2.55. The van der Waals surface area contributed by atoms with Crippen molar-refractivity contribution in [1.82, 2.24) is 20.1 Å². The highest BCUT2D eigenvalue weighted by Crippen LogP contribution is 2.33. The zero-order valence-electron chi connectivity index (χ0n) is 15.5. The maximum Gasteiger partial charge on any atom is 0.416 e. The van der Waals surface area contributed by atoms with E-state index in [0.29, 0.717) is 22.3 Å². The van der Waals surface area contributed by atoms with Crippen LogP contribution in [0.25, 0.3) is 17.1 Å². The van der Waals surface area contributed by atoms with Crippen LogP contribution in [0, 0.1) is 0 Å². The monoisotopic (exact) mass is 422 g/mol. The van der Waals surface area contributed by atoms with Crippen LogP contribution in [0.1, 0.15) is 5.56 Å². The van der Waals surface area contributed by atoms with E-state index in [-0.39, 0.29) is 17.3 Å². The highest BCUT2D eigenvalue weighted by atomic mass is 32.2. The molecule has 0 unspecified atom stereocenters. The zero-order chi connectivity index (χ0) is 21.0. The van der Waals surface area contributed by atoms with Crippen molar-refractivity contribution in [3.05, 3.63) is 54.1 Å². The Morgan fingerprint density at radius 2 is 1.90 bits per heavy atom. The van der Waals surface area contributed by atoms with E-state index in [9.17, 15) is 18.0 Å². The number of rotatable bonds is 6. The minimum Gasteiger partial charge on any atom is -0.497 e. The summed E-state index contributed by atoms with van der Waals surface area (Å²) in [5.41, 5.74) is 0.101. The van der Waals surface area contributed by atoms with Crippen LogP contribution in [0.15, 0.2) is 53.7 Å². The molecule has 1 aromatic heterocycles. The smallest absolute Gasteiger partial charge is 0.416 e. The van der Waals surface area contributed by atoms with Gasteiger partial charge in [-0.2, -0.15) is 13.2 Å². The van der Waals surface area contributed by atoms with E-state index >= 15 is 0 Å². The second-order valence-corrected chi connectivity index (χ2v) is 6.82. The summed E-state index contributed by atoms with van der Waals surface area (Å²) in [6.45, 7) is 0. The Balaban J connectivity index is 2.10. The van der Waals surface area contributed by atoms with Crippen molar-refractivity contribution in [3.63, 3.8) is 0 Å². The first-order chi connectivity index (χ1) is 13.8. The van der Waals surface area contributed by atoms with Gasteiger partial charge in [0.15, 0.2) is 11.0 Å². The molecule has 6 nitrogen and oxygen atoms in total. The van der Waals surface area contributed by atoms with Gasteiger partial charge in [-0.05, 0) is 42.5 Å². The highest BCUT2D eigenvalue weighted by Gasteiger charge is 2.31. The minimum absolute atomic E-state index is 0.0518. The lowest BCUT2D eigenvalue weighted by atomic mass is 10.1. The second kappa shape index (κ2) is 8.56. The molecule has 0 aliphatic carbocycles. The van der Waals surface area contributed by atoms with Crippen molar-refractivity contribution in [2.75, 3.05) is 19.9 Å². The second-order valence-electron chi connectivity index (χ2n) is 5.88. The summed E-state index contributed by atoms with van der Waals surface area (Å²) in [4.78, 5) is 11.6. The lowest BCUT2D eigenvalue weighted by Gasteiger charge is -2.13. The van der Waals surface area contributed by atoms with Gasteiger partial charge in [-0.1, -0.05) is 17.8 Å². The molecule has 1 N–H and O–H groups in total. The number of nitrogens with zero attached hydrogens (tertiary/aromatic N) is 3. The van der Waals surface area contributed by atoms with Gasteiger partial charge in [0.05, 0.1) is 24.1 Å². The highest BCUT2D eigenvalue weighted by molar-refractivity contribution is 7.99. The van der Waals surface area contributed by atoms with E-state index in [0.717, 1.165) is 23.9 Å². The number of aromatic nitrogens is 3. The zero-order valence-corrected chi connectivity index (χ0v) is 16.3. The average molecular weight is 422 g/mol. The van der Waals surface area contributed by atoms with E-state index in [1.165, 1.54) is 30.9 Å². The fourth-order valence-corrected chi connectivity index (χ4v) is 3.37. The molecule has 0 spiro atoms. The standard InChI is InChI=1S/C19H17F3N4O2S/c1-23-16(27)11-29-18-25-24-17(12-6-8-15(28-2)9-7-12)26(18)14-5-3-4-13(10-14)19(20,21)22/h3-10H,11H2,1-2H3,(H,23,27). The third kappa shape index (κ3) is 4.70. The van der Waals surface area contributed by atoms with Crippen LogP contribution >= 0.6 is 11.8 Å². The molecule has 0 aliphatic rings. The Kier molecular flexibility index (Phi) is 6.12. The van der Waals surface area contributed by atoms with E-state index < -0.39 is 11.7 Å². The molecule has 0 aliphatic heterocycles. The summed E-state index contributed by atoms with van der Waals surface area (Å²) in [6.07, 6.45) is -4.49. The molecule has 1 heterocycles. The number of ether oxygens (including phenoxy) is 1. The molecule has 0 atom stereocenters. The lowest BCUT2D eigenvalue weighted by molar-refractivity contribution is -0.137. The number of carbonyl (C=O) groups is 1. The van der Waals surface area contributed by atoms with Gasteiger partial charge in [0.2, 0.25) is 5.91 Å². The average Bonchev–Trinajstić information content (AvgIpc) is 3.15. The van der Waals surface area contributed by atoms with Gasteiger partial charge >= 0.3 is 6.18 Å². The summed E-state index contributed by atoms with van der Waals surface area (Å²) < 4.78 is 46.3. The number of hydrogen-bond acceptors (Lipinski definition) is 5. The normalized spacial score (nSPS) is 11.3. The van der Waals surface area contributed by atoms with E-state index in [4.69, 9.17) is 4.74 Å². The largest absolute Gasteiger partial charge is 0.497 e. The van der Waals surface area contributed by atoms with Gasteiger partial charge < -0.3 is 10.1 Å². The molecule has 3 rings (SSSR count). The molecule has 0 bridgehead atoms. The first kappa shape index (κ1) is 20.7. The number of thioether (sulfide) groups is 1. The number of carbonyl (C=O) groups excluding carboxylic acids is 1. The number of methoxy groups -OCH3 is 1. The SMILES string of the molecule is CNC(=O)CSc1nnc(-c2ccc(OC)cc2)n1-c1cccc(C(F)(F)F)c1. The molecule has 0 saturated heterocycles. The summed E-state index contributed by atoms with van der Waals surface area (Å²) in [5, 5.41) is 11.0. The number of nitrogens with one attached hydrogen (secondary N) is 1. The summed E-state index contributed by atoms with van der Waals surface area (Å²) in [7, 11) is 3.04. The van der Waals surface area contributed by atoms with E-state index in [2.05, 4.69) is 15.5 Å². The molecule has 0 saturated carbocycles. The van der Waals surface area contributed by atoms with Gasteiger partial charge in [0.1, 0.15) is 5.75 Å². The third-order valence-corrected chi connectivity index (χ3v) is 4.95. The third-order valence-electron chi connectivity index (χ3n) is 4.02. The number of halogens is 3. The molecule has 29 heavy (non-hydrogen) atoms. The van der Waals surface area contributed by atoms with Crippen LogP contribution in [0.2, 0.25) is 0 Å². The molecular weight excluding hydrogens is 405 g/mol. The molecule has 0 fully saturated rings. The Labute approximate surface area is 169 Å². The predicted molar refractivity (Wildman–Crippen MR) is 103 cm³/mol. The number of benzene rings is 2. The van der Waals surface area contributed by atoms with Crippen molar-refractivity contribution in [3.8, 4) is 22.8 Å². The van der Waals surface area contributed by atoms with Crippen LogP contribution in [0.4, 0.5) is 13.2 Å². The first-order valence-corrected chi connectivity index (χ1v) is 9.43. The van der Waals surface area contributed by atoms with Crippen LogP contribution in [0.3, 0.4) is 0 Å².